The van der Waals surface area contributed by atoms with E-state index in [0.717, 1.165) is 28.9 Å². The van der Waals surface area contributed by atoms with Crippen LogP contribution in [0.25, 0.3) is 0 Å². The van der Waals surface area contributed by atoms with Gasteiger partial charge >= 0.3 is 0 Å². The number of aromatic nitrogens is 2. The monoisotopic (exact) mass is 322 g/mol. The average Bonchev–Trinajstić information content (AvgIpc) is 2.84. The standard InChI is InChI=1S/C16H22N4O.ClH/c1-3-15-13(11-20(2)19-15)10-18-16(21)9-8-12-6-4-5-7-14(12)17;/h4-7,11H,3,8-10,17H2,1-2H3,(H,18,21);1H. The number of hydrogen-bond donors (Lipinski definition) is 2. The van der Waals surface area contributed by atoms with Crippen LogP contribution in [-0.4, -0.2) is 15.7 Å². The molecule has 0 radical (unpaired) electrons. The molecule has 6 heteroatoms. The summed E-state index contributed by atoms with van der Waals surface area (Å²) in [6.45, 7) is 2.59. The number of carbonyl (C=O) groups excluding carboxylic acids is 1. The highest BCUT2D eigenvalue weighted by molar-refractivity contribution is 5.85. The lowest BCUT2D eigenvalue weighted by Gasteiger charge is -2.07. The third-order valence-corrected chi connectivity index (χ3v) is 3.48. The number of halogens is 1. The van der Waals surface area contributed by atoms with Crippen molar-refractivity contribution in [2.75, 3.05) is 5.73 Å². The first-order valence-electron chi connectivity index (χ1n) is 7.21. The highest BCUT2D eigenvalue weighted by atomic mass is 35.5. The molecule has 1 aromatic heterocycles. The minimum Gasteiger partial charge on any atom is -0.399 e. The Bertz CT molecular complexity index is 624. The van der Waals surface area contributed by atoms with Gasteiger partial charge in [0.05, 0.1) is 5.69 Å². The molecule has 0 bridgehead atoms. The molecule has 0 saturated carbocycles. The van der Waals surface area contributed by atoms with Crippen LogP contribution in [0, 0.1) is 0 Å². The summed E-state index contributed by atoms with van der Waals surface area (Å²) >= 11 is 0. The number of nitrogens with zero attached hydrogens (tertiary/aromatic N) is 2. The highest BCUT2D eigenvalue weighted by Gasteiger charge is 2.08. The Hall–Kier alpha value is -2.01. The van der Waals surface area contributed by atoms with Crippen molar-refractivity contribution in [3.05, 3.63) is 47.3 Å². The second-order valence-corrected chi connectivity index (χ2v) is 5.10. The van der Waals surface area contributed by atoms with Gasteiger partial charge in [0.1, 0.15) is 0 Å². The zero-order valence-electron chi connectivity index (χ0n) is 13.0. The Kier molecular flexibility index (Phi) is 6.92. The zero-order valence-corrected chi connectivity index (χ0v) is 13.8. The van der Waals surface area contributed by atoms with Crippen molar-refractivity contribution in [2.24, 2.45) is 7.05 Å². The quantitative estimate of drug-likeness (QED) is 0.801. The molecular formula is C16H23ClN4O. The van der Waals surface area contributed by atoms with Crippen LogP contribution < -0.4 is 11.1 Å². The van der Waals surface area contributed by atoms with Crippen LogP contribution in [0.4, 0.5) is 5.69 Å². The summed E-state index contributed by atoms with van der Waals surface area (Å²) < 4.78 is 1.78. The van der Waals surface area contributed by atoms with Crippen LogP contribution >= 0.6 is 12.4 Å². The molecule has 22 heavy (non-hydrogen) atoms. The van der Waals surface area contributed by atoms with Crippen molar-refractivity contribution >= 4 is 24.0 Å². The Balaban J connectivity index is 0.00000242. The third-order valence-electron chi connectivity index (χ3n) is 3.48. The smallest absolute Gasteiger partial charge is 0.220 e. The van der Waals surface area contributed by atoms with E-state index in [-0.39, 0.29) is 18.3 Å². The molecule has 2 aromatic rings. The first kappa shape index (κ1) is 18.0. The molecule has 3 N–H and O–H groups in total. The number of nitrogens with one attached hydrogen (secondary N) is 1. The minimum absolute atomic E-state index is 0. The number of anilines is 1. The number of nitrogens with two attached hydrogens (primary N) is 1. The lowest BCUT2D eigenvalue weighted by molar-refractivity contribution is -0.121. The van der Waals surface area contributed by atoms with Gasteiger partial charge in [0.2, 0.25) is 5.91 Å². The van der Waals surface area contributed by atoms with Gasteiger partial charge in [0.15, 0.2) is 0 Å². The van der Waals surface area contributed by atoms with Crippen molar-refractivity contribution < 1.29 is 4.79 Å². The first-order valence-corrected chi connectivity index (χ1v) is 7.21. The van der Waals surface area contributed by atoms with Gasteiger partial charge in [-0.15, -0.1) is 12.4 Å². The second kappa shape index (κ2) is 8.44. The largest absolute Gasteiger partial charge is 0.399 e. The number of carbonyl (C=O) groups is 1. The number of rotatable bonds is 6. The minimum atomic E-state index is 0. The van der Waals surface area contributed by atoms with E-state index in [1.54, 1.807) is 4.68 Å². The predicted molar refractivity (Wildman–Crippen MR) is 90.9 cm³/mol. The van der Waals surface area contributed by atoms with Crippen LogP contribution in [0.1, 0.15) is 30.2 Å². The number of aryl methyl sites for hydroxylation is 3. The van der Waals surface area contributed by atoms with Gasteiger partial charge in [-0.1, -0.05) is 25.1 Å². The van der Waals surface area contributed by atoms with Crippen molar-refractivity contribution in [3.63, 3.8) is 0 Å². The van der Waals surface area contributed by atoms with E-state index in [1.807, 2.05) is 37.5 Å². The van der Waals surface area contributed by atoms with E-state index < -0.39 is 0 Å². The first-order chi connectivity index (χ1) is 10.1. The van der Waals surface area contributed by atoms with Gasteiger partial charge in [-0.25, -0.2) is 0 Å². The fourth-order valence-electron chi connectivity index (χ4n) is 2.32. The van der Waals surface area contributed by atoms with E-state index >= 15 is 0 Å². The van der Waals surface area contributed by atoms with Crippen LogP contribution in [-0.2, 0) is 31.2 Å². The summed E-state index contributed by atoms with van der Waals surface area (Å²) in [6, 6.07) is 7.65. The summed E-state index contributed by atoms with van der Waals surface area (Å²) in [7, 11) is 1.89. The van der Waals surface area contributed by atoms with E-state index in [1.165, 1.54) is 0 Å². The van der Waals surface area contributed by atoms with Gasteiger partial charge < -0.3 is 11.1 Å². The van der Waals surface area contributed by atoms with E-state index in [9.17, 15) is 4.79 Å². The number of hydrogen-bond acceptors (Lipinski definition) is 3. The number of benzene rings is 1. The van der Waals surface area contributed by atoms with Gasteiger partial charge in [0, 0.05) is 37.5 Å². The topological polar surface area (TPSA) is 72.9 Å². The Morgan fingerprint density at radius 3 is 2.73 bits per heavy atom. The second-order valence-electron chi connectivity index (χ2n) is 5.10. The molecule has 120 valence electrons. The van der Waals surface area contributed by atoms with Gasteiger partial charge in [-0.2, -0.15) is 5.10 Å². The molecule has 1 amide bonds. The average molecular weight is 323 g/mol. The van der Waals surface area contributed by atoms with E-state index in [0.29, 0.717) is 19.4 Å². The molecule has 0 aliphatic heterocycles. The lowest BCUT2D eigenvalue weighted by Crippen LogP contribution is -2.23. The van der Waals surface area contributed by atoms with Crippen LogP contribution in [0.15, 0.2) is 30.5 Å². The Morgan fingerprint density at radius 2 is 2.05 bits per heavy atom. The molecule has 0 aliphatic rings. The third kappa shape index (κ3) is 4.77. The molecule has 2 rings (SSSR count). The molecule has 0 atom stereocenters. The SMILES string of the molecule is CCc1nn(C)cc1CNC(=O)CCc1ccccc1N.Cl. The van der Waals surface area contributed by atoms with E-state index in [4.69, 9.17) is 5.73 Å². The van der Waals surface area contributed by atoms with Gasteiger partial charge in [-0.3, -0.25) is 9.48 Å². The number of para-hydroxylation sites is 1. The maximum Gasteiger partial charge on any atom is 0.220 e. The summed E-state index contributed by atoms with van der Waals surface area (Å²) in [5, 5.41) is 7.30. The molecule has 0 saturated heterocycles. The van der Waals surface area contributed by atoms with Crippen LogP contribution in [0.5, 0.6) is 0 Å². The molecule has 0 spiro atoms. The van der Waals surface area contributed by atoms with Crippen LogP contribution in [0.2, 0.25) is 0 Å². The fourth-order valence-corrected chi connectivity index (χ4v) is 2.32. The summed E-state index contributed by atoms with van der Waals surface area (Å²) in [5.41, 5.74) is 9.74. The van der Waals surface area contributed by atoms with Gasteiger partial charge in [0.25, 0.3) is 0 Å². The molecule has 0 unspecified atom stereocenters. The fraction of sp³-hybridized carbons (Fsp3) is 0.375. The normalized spacial score (nSPS) is 10.1. The zero-order chi connectivity index (χ0) is 15.2. The summed E-state index contributed by atoms with van der Waals surface area (Å²) in [5.74, 6) is 0.0316. The maximum atomic E-state index is 11.9. The molecular weight excluding hydrogens is 300 g/mol. The van der Waals surface area contributed by atoms with Crippen molar-refractivity contribution in [1.29, 1.82) is 0 Å². The maximum absolute atomic E-state index is 11.9. The molecule has 1 aromatic carbocycles. The van der Waals surface area contributed by atoms with Crippen LogP contribution in [0.3, 0.4) is 0 Å². The summed E-state index contributed by atoms with van der Waals surface area (Å²) in [4.78, 5) is 11.9. The molecule has 0 aliphatic carbocycles. The molecule has 1 heterocycles. The molecule has 0 fully saturated rings. The van der Waals surface area contributed by atoms with Crippen molar-refractivity contribution in [1.82, 2.24) is 15.1 Å². The highest BCUT2D eigenvalue weighted by Crippen LogP contribution is 2.12. The number of nitrogen functional groups attached to an aromatic ring is 1. The molecule has 5 nitrogen and oxygen atoms in total. The van der Waals surface area contributed by atoms with Gasteiger partial charge in [-0.05, 0) is 24.5 Å². The Morgan fingerprint density at radius 1 is 1.32 bits per heavy atom. The Labute approximate surface area is 137 Å². The lowest BCUT2D eigenvalue weighted by atomic mass is 10.1. The number of amides is 1. The van der Waals surface area contributed by atoms with E-state index in [2.05, 4.69) is 17.3 Å². The summed E-state index contributed by atoms with van der Waals surface area (Å²) in [6.07, 6.45) is 3.92. The predicted octanol–water partition coefficient (Wildman–Crippen LogP) is 2.24. The van der Waals surface area contributed by atoms with Crippen molar-refractivity contribution in [2.45, 2.75) is 32.7 Å². The van der Waals surface area contributed by atoms with Crippen molar-refractivity contribution in [3.8, 4) is 0 Å².